The topological polar surface area (TPSA) is 87.0 Å². The molecule has 0 aliphatic carbocycles. The largest absolute Gasteiger partial charge is 0.461 e. The Kier molecular flexibility index (Phi) is 4.95. The van der Waals surface area contributed by atoms with Crippen molar-refractivity contribution in [3.8, 4) is 0 Å². The van der Waals surface area contributed by atoms with Crippen LogP contribution in [0.25, 0.3) is 11.0 Å². The number of aromatic amines is 2. The first kappa shape index (κ1) is 18.7. The molecular weight excluding hydrogens is 385 g/mol. The summed E-state index contributed by atoms with van der Waals surface area (Å²) >= 11 is 6.08. The molecule has 1 aliphatic rings. The Morgan fingerprint density at radius 3 is 2.57 bits per heavy atom. The first-order chi connectivity index (χ1) is 13.5. The van der Waals surface area contributed by atoms with Gasteiger partial charge in [0.15, 0.2) is 0 Å². The zero-order chi connectivity index (χ0) is 19.7. The lowest BCUT2D eigenvalue weighted by Gasteiger charge is -2.37. The van der Waals surface area contributed by atoms with E-state index in [1.807, 2.05) is 0 Å². The van der Waals surface area contributed by atoms with Crippen molar-refractivity contribution >= 4 is 28.6 Å². The molecule has 3 N–H and O–H groups in total. The number of ether oxygens (including phenoxy) is 1. The maximum Gasteiger partial charge on any atom is 0.340 e. The van der Waals surface area contributed by atoms with E-state index in [4.69, 9.17) is 16.3 Å². The number of benzene rings is 2. The van der Waals surface area contributed by atoms with Gasteiger partial charge in [-0.3, -0.25) is 0 Å². The number of hydrogen-bond donors (Lipinski definition) is 3. The smallest absolute Gasteiger partial charge is 0.340 e. The van der Waals surface area contributed by atoms with Crippen molar-refractivity contribution in [3.63, 3.8) is 0 Å². The van der Waals surface area contributed by atoms with Gasteiger partial charge in [-0.25, -0.2) is 14.0 Å². The molecule has 1 aliphatic heterocycles. The minimum atomic E-state index is -0.567. The summed E-state index contributed by atoms with van der Waals surface area (Å²) in [6.45, 7) is 1.71. The summed E-state index contributed by atoms with van der Waals surface area (Å²) in [6.07, 6.45) is 1.52. The third-order valence-corrected chi connectivity index (χ3v) is 5.52. The van der Waals surface area contributed by atoms with Crippen LogP contribution < -0.4 is 11.0 Å². The summed E-state index contributed by atoms with van der Waals surface area (Å²) in [4.78, 5) is 29.6. The summed E-state index contributed by atoms with van der Waals surface area (Å²) in [6, 6.07) is 9.38. The predicted molar refractivity (Wildman–Crippen MR) is 104 cm³/mol. The zero-order valence-electron chi connectivity index (χ0n) is 15.0. The van der Waals surface area contributed by atoms with Crippen LogP contribution in [0.2, 0.25) is 5.02 Å². The summed E-state index contributed by atoms with van der Waals surface area (Å²) in [5.74, 6) is -0.870. The molecule has 1 saturated heterocycles. The van der Waals surface area contributed by atoms with E-state index in [1.54, 1.807) is 18.2 Å². The standard InChI is InChI=1S/C20H19ClFN3O3/c21-13-9-15(17-16(10-13)24-19(27)25-17)18(26)28-11-20(5-7-23-8-6-20)12-1-3-14(22)4-2-12/h1-4,9-10,23H,5-8,11H2,(H2,24,25,27). The van der Waals surface area contributed by atoms with Crippen molar-refractivity contribution in [2.75, 3.05) is 19.7 Å². The second kappa shape index (κ2) is 7.41. The summed E-state index contributed by atoms with van der Waals surface area (Å²) in [5, 5.41) is 3.62. The van der Waals surface area contributed by atoms with E-state index in [0.29, 0.717) is 16.1 Å². The SMILES string of the molecule is O=C(OCC1(c2ccc(F)cc2)CCNCC1)c1cc(Cl)cc2[nH]c(=O)[nH]c12. The molecule has 0 saturated carbocycles. The molecule has 28 heavy (non-hydrogen) atoms. The molecule has 0 amide bonds. The molecule has 1 aromatic heterocycles. The second-order valence-corrected chi connectivity index (χ2v) is 7.50. The number of esters is 1. The number of carbonyl (C=O) groups excluding carboxylic acids is 1. The van der Waals surface area contributed by atoms with Gasteiger partial charge in [-0.15, -0.1) is 0 Å². The first-order valence-corrected chi connectivity index (χ1v) is 9.40. The fourth-order valence-electron chi connectivity index (χ4n) is 3.77. The lowest BCUT2D eigenvalue weighted by atomic mass is 9.74. The van der Waals surface area contributed by atoms with E-state index >= 15 is 0 Å². The van der Waals surface area contributed by atoms with Gasteiger partial charge in [0.25, 0.3) is 0 Å². The predicted octanol–water partition coefficient (Wildman–Crippen LogP) is 3.13. The molecule has 146 valence electrons. The number of hydrogen-bond acceptors (Lipinski definition) is 4. The Morgan fingerprint density at radius 2 is 1.86 bits per heavy atom. The van der Waals surface area contributed by atoms with Crippen LogP contribution in [0.1, 0.15) is 28.8 Å². The van der Waals surface area contributed by atoms with Crippen molar-refractivity contribution in [2.24, 2.45) is 0 Å². The number of carbonyl (C=O) groups is 1. The van der Waals surface area contributed by atoms with Crippen LogP contribution in [0.3, 0.4) is 0 Å². The van der Waals surface area contributed by atoms with Crippen molar-refractivity contribution < 1.29 is 13.9 Å². The summed E-state index contributed by atoms with van der Waals surface area (Å²) in [7, 11) is 0. The van der Waals surface area contributed by atoms with Crippen LogP contribution in [0.4, 0.5) is 4.39 Å². The minimum Gasteiger partial charge on any atom is -0.461 e. The van der Waals surface area contributed by atoms with Crippen LogP contribution in [0.15, 0.2) is 41.2 Å². The van der Waals surface area contributed by atoms with Gasteiger partial charge in [0, 0.05) is 10.4 Å². The van der Waals surface area contributed by atoms with Crippen LogP contribution in [0, 0.1) is 5.82 Å². The molecule has 0 bridgehead atoms. The van der Waals surface area contributed by atoms with Crippen LogP contribution >= 0.6 is 11.6 Å². The molecule has 0 radical (unpaired) electrons. The van der Waals surface area contributed by atoms with Crippen LogP contribution in [-0.4, -0.2) is 35.6 Å². The van der Waals surface area contributed by atoms with Crippen molar-refractivity contribution in [1.82, 2.24) is 15.3 Å². The first-order valence-electron chi connectivity index (χ1n) is 9.02. The van der Waals surface area contributed by atoms with Crippen LogP contribution in [0.5, 0.6) is 0 Å². The highest BCUT2D eigenvalue weighted by Crippen LogP contribution is 2.34. The zero-order valence-corrected chi connectivity index (χ0v) is 15.7. The molecule has 0 spiro atoms. The number of piperidine rings is 1. The molecule has 0 atom stereocenters. The molecule has 4 rings (SSSR count). The van der Waals surface area contributed by atoms with Gasteiger partial charge in [0.1, 0.15) is 12.4 Å². The third kappa shape index (κ3) is 3.55. The number of nitrogens with one attached hydrogen (secondary N) is 3. The van der Waals surface area contributed by atoms with Gasteiger partial charge in [-0.05, 0) is 55.8 Å². The normalized spacial score (nSPS) is 16.2. The maximum atomic E-state index is 13.4. The van der Waals surface area contributed by atoms with Crippen molar-refractivity contribution in [2.45, 2.75) is 18.3 Å². The fraction of sp³-hybridized carbons (Fsp3) is 0.300. The van der Waals surface area contributed by atoms with Gasteiger partial charge in [0.2, 0.25) is 0 Å². The Hall–Kier alpha value is -2.64. The molecule has 1 fully saturated rings. The van der Waals surface area contributed by atoms with E-state index in [1.165, 1.54) is 18.2 Å². The summed E-state index contributed by atoms with van der Waals surface area (Å²) < 4.78 is 19.0. The lowest BCUT2D eigenvalue weighted by Crippen LogP contribution is -2.43. The average Bonchev–Trinajstić information content (AvgIpc) is 3.06. The van der Waals surface area contributed by atoms with E-state index in [9.17, 15) is 14.0 Å². The highest BCUT2D eigenvalue weighted by molar-refractivity contribution is 6.31. The average molecular weight is 404 g/mol. The number of imidazole rings is 1. The lowest BCUT2D eigenvalue weighted by molar-refractivity contribution is 0.0363. The Bertz CT molecular complexity index is 1070. The minimum absolute atomic E-state index is 0.155. The highest BCUT2D eigenvalue weighted by Gasteiger charge is 2.35. The van der Waals surface area contributed by atoms with Gasteiger partial charge in [0.05, 0.1) is 16.6 Å². The number of H-pyrrole nitrogens is 2. The van der Waals surface area contributed by atoms with E-state index in [2.05, 4.69) is 15.3 Å². The van der Waals surface area contributed by atoms with Gasteiger partial charge in [-0.1, -0.05) is 23.7 Å². The molecule has 3 aromatic rings. The maximum absolute atomic E-state index is 13.4. The summed E-state index contributed by atoms with van der Waals surface area (Å²) in [5.41, 5.74) is 1.13. The van der Waals surface area contributed by atoms with Gasteiger partial charge >= 0.3 is 11.7 Å². The highest BCUT2D eigenvalue weighted by atomic mass is 35.5. The number of aromatic nitrogens is 2. The van der Waals surface area contributed by atoms with Gasteiger partial charge in [-0.2, -0.15) is 0 Å². The second-order valence-electron chi connectivity index (χ2n) is 7.07. The van der Waals surface area contributed by atoms with Crippen molar-refractivity contribution in [1.29, 1.82) is 0 Å². The monoisotopic (exact) mass is 403 g/mol. The Morgan fingerprint density at radius 1 is 1.14 bits per heavy atom. The third-order valence-electron chi connectivity index (χ3n) is 5.31. The molecule has 2 heterocycles. The van der Waals surface area contributed by atoms with Crippen molar-refractivity contribution in [3.05, 3.63) is 68.8 Å². The van der Waals surface area contributed by atoms with Crippen LogP contribution in [-0.2, 0) is 10.2 Å². The van der Waals surface area contributed by atoms with Gasteiger partial charge < -0.3 is 20.0 Å². The van der Waals surface area contributed by atoms with E-state index in [0.717, 1.165) is 31.5 Å². The number of rotatable bonds is 4. The van der Waals surface area contributed by atoms with E-state index < -0.39 is 17.1 Å². The molecule has 8 heteroatoms. The Labute approximate surface area is 165 Å². The molecule has 2 aromatic carbocycles. The number of halogens is 2. The molecule has 0 unspecified atom stereocenters. The quantitative estimate of drug-likeness (QED) is 0.584. The molecular formula is C20H19ClFN3O3. The molecule has 6 nitrogen and oxygen atoms in total. The fourth-order valence-corrected chi connectivity index (χ4v) is 3.99. The Balaban J connectivity index is 1.62. The van der Waals surface area contributed by atoms with E-state index in [-0.39, 0.29) is 18.0 Å². The number of fused-ring (bicyclic) bond motifs is 1.